The topological polar surface area (TPSA) is 87.9 Å². The van der Waals surface area contributed by atoms with Crippen LogP contribution in [0.15, 0.2) is 42.5 Å². The van der Waals surface area contributed by atoms with Gasteiger partial charge in [0.25, 0.3) is 0 Å². The molecule has 2 amide bonds. The predicted molar refractivity (Wildman–Crippen MR) is 106 cm³/mol. The largest absolute Gasteiger partial charge is 0.495 e. The highest BCUT2D eigenvalue weighted by atomic mass is 16.5. The van der Waals surface area contributed by atoms with Crippen LogP contribution in [0.4, 0.5) is 17.1 Å². The molecule has 1 aliphatic heterocycles. The number of hydrogen-bond acceptors (Lipinski definition) is 5. The van der Waals surface area contributed by atoms with Crippen molar-refractivity contribution in [1.29, 1.82) is 0 Å². The number of benzene rings is 2. The number of amides is 2. The lowest BCUT2D eigenvalue weighted by atomic mass is 10.2. The minimum absolute atomic E-state index is 0.442. The highest BCUT2D eigenvalue weighted by Gasteiger charge is 2.27. The van der Waals surface area contributed by atoms with Gasteiger partial charge in [-0.1, -0.05) is 18.2 Å². The average Bonchev–Trinajstić information content (AvgIpc) is 2.69. The third-order valence-electron chi connectivity index (χ3n) is 4.64. The minimum atomic E-state index is -0.670. The van der Waals surface area contributed by atoms with Crippen molar-refractivity contribution < 1.29 is 14.3 Å². The molecule has 2 aromatic carbocycles. The van der Waals surface area contributed by atoms with Gasteiger partial charge in [0.15, 0.2) is 0 Å². The van der Waals surface area contributed by atoms with E-state index in [0.29, 0.717) is 37.6 Å². The molecule has 2 aromatic rings. The summed E-state index contributed by atoms with van der Waals surface area (Å²) in [5.74, 6) is -0.421. The normalized spacial score (nSPS) is 14.0. The molecule has 0 aromatic heterocycles. The third-order valence-corrected chi connectivity index (χ3v) is 4.64. The fourth-order valence-electron chi connectivity index (χ4n) is 3.16. The molecule has 1 heterocycles. The monoisotopic (exact) mass is 368 g/mol. The highest BCUT2D eigenvalue weighted by molar-refractivity contribution is 6.39. The second kappa shape index (κ2) is 7.99. The SMILES string of the molecule is COc1ccccc1N1CCN(C(=O)C(=O)Nc2ccc(C)cc2N)CC1. The Hall–Kier alpha value is -3.22. The summed E-state index contributed by atoms with van der Waals surface area (Å²) in [6.07, 6.45) is 0. The van der Waals surface area contributed by atoms with E-state index >= 15 is 0 Å². The average molecular weight is 368 g/mol. The number of nitrogens with two attached hydrogens (primary N) is 1. The molecule has 1 fully saturated rings. The summed E-state index contributed by atoms with van der Waals surface area (Å²) in [6.45, 7) is 4.10. The number of anilines is 3. The lowest BCUT2D eigenvalue weighted by Crippen LogP contribution is -2.51. The zero-order valence-corrected chi connectivity index (χ0v) is 15.6. The van der Waals surface area contributed by atoms with Gasteiger partial charge in [-0.3, -0.25) is 9.59 Å². The fraction of sp³-hybridized carbons (Fsp3) is 0.300. The van der Waals surface area contributed by atoms with Gasteiger partial charge >= 0.3 is 11.8 Å². The minimum Gasteiger partial charge on any atom is -0.495 e. The molecule has 0 radical (unpaired) electrons. The smallest absolute Gasteiger partial charge is 0.313 e. The highest BCUT2D eigenvalue weighted by Crippen LogP contribution is 2.28. The van der Waals surface area contributed by atoms with Gasteiger partial charge in [0.2, 0.25) is 0 Å². The molecule has 0 saturated carbocycles. The Morgan fingerprint density at radius 2 is 1.78 bits per heavy atom. The van der Waals surface area contributed by atoms with Crippen molar-refractivity contribution in [2.45, 2.75) is 6.92 Å². The summed E-state index contributed by atoms with van der Waals surface area (Å²) in [7, 11) is 1.64. The molecule has 0 aliphatic carbocycles. The van der Waals surface area contributed by atoms with E-state index in [1.807, 2.05) is 37.3 Å². The van der Waals surface area contributed by atoms with Crippen LogP contribution in [0.3, 0.4) is 0 Å². The first-order valence-electron chi connectivity index (χ1n) is 8.84. The van der Waals surface area contributed by atoms with Gasteiger partial charge in [0.05, 0.1) is 24.2 Å². The van der Waals surface area contributed by atoms with Crippen LogP contribution < -0.4 is 20.7 Å². The van der Waals surface area contributed by atoms with Gasteiger partial charge in [-0.2, -0.15) is 0 Å². The van der Waals surface area contributed by atoms with E-state index < -0.39 is 11.8 Å². The molecule has 7 heteroatoms. The number of nitrogens with one attached hydrogen (secondary N) is 1. The summed E-state index contributed by atoms with van der Waals surface area (Å²) in [4.78, 5) is 28.5. The van der Waals surface area contributed by atoms with Gasteiger partial charge in [0.1, 0.15) is 5.75 Å². The number of methoxy groups -OCH3 is 1. The van der Waals surface area contributed by atoms with Crippen molar-refractivity contribution in [1.82, 2.24) is 4.90 Å². The first kappa shape index (κ1) is 18.6. The van der Waals surface area contributed by atoms with Crippen LogP contribution in [0.2, 0.25) is 0 Å². The standard InChI is InChI=1S/C20H24N4O3/c1-14-7-8-16(15(21)13-14)22-19(25)20(26)24-11-9-23(10-12-24)17-5-3-4-6-18(17)27-2/h3-8,13H,9-12,21H2,1-2H3,(H,22,25). The summed E-state index contributed by atoms with van der Waals surface area (Å²) in [5.41, 5.74) is 8.77. The quantitative estimate of drug-likeness (QED) is 0.638. The number of piperazine rings is 1. The second-order valence-corrected chi connectivity index (χ2v) is 6.50. The van der Waals surface area contributed by atoms with Crippen LogP contribution in [0, 0.1) is 6.92 Å². The van der Waals surface area contributed by atoms with Crippen molar-refractivity contribution in [3.63, 3.8) is 0 Å². The number of rotatable bonds is 3. The number of nitrogen functional groups attached to an aromatic ring is 1. The number of hydrogen-bond donors (Lipinski definition) is 2. The Balaban J connectivity index is 1.60. The van der Waals surface area contributed by atoms with Crippen LogP contribution in [-0.4, -0.2) is 50.0 Å². The van der Waals surface area contributed by atoms with E-state index in [9.17, 15) is 9.59 Å². The van der Waals surface area contributed by atoms with E-state index in [1.165, 1.54) is 0 Å². The van der Waals surface area contributed by atoms with E-state index in [1.54, 1.807) is 24.1 Å². The Morgan fingerprint density at radius 1 is 1.07 bits per heavy atom. The van der Waals surface area contributed by atoms with Crippen LogP contribution in [0.25, 0.3) is 0 Å². The molecular formula is C20H24N4O3. The second-order valence-electron chi connectivity index (χ2n) is 6.50. The van der Waals surface area contributed by atoms with Gasteiger partial charge < -0.3 is 25.6 Å². The zero-order valence-electron chi connectivity index (χ0n) is 15.6. The van der Waals surface area contributed by atoms with Crippen molar-refractivity contribution in [3.05, 3.63) is 48.0 Å². The van der Waals surface area contributed by atoms with E-state index in [0.717, 1.165) is 17.0 Å². The van der Waals surface area contributed by atoms with Gasteiger partial charge in [0, 0.05) is 26.2 Å². The summed E-state index contributed by atoms with van der Waals surface area (Å²) < 4.78 is 5.40. The number of para-hydroxylation sites is 2. The molecule has 3 N–H and O–H groups in total. The number of aryl methyl sites for hydroxylation is 1. The van der Waals surface area contributed by atoms with E-state index in [2.05, 4.69) is 10.2 Å². The summed E-state index contributed by atoms with van der Waals surface area (Å²) in [6, 6.07) is 13.1. The molecule has 0 atom stereocenters. The van der Waals surface area contributed by atoms with Crippen molar-refractivity contribution in [3.8, 4) is 5.75 Å². The molecule has 7 nitrogen and oxygen atoms in total. The molecule has 27 heavy (non-hydrogen) atoms. The van der Waals surface area contributed by atoms with Crippen molar-refractivity contribution in [2.24, 2.45) is 0 Å². The first-order chi connectivity index (χ1) is 13.0. The zero-order chi connectivity index (χ0) is 19.4. The lowest BCUT2D eigenvalue weighted by Gasteiger charge is -2.36. The summed E-state index contributed by atoms with van der Waals surface area (Å²) in [5, 5.41) is 2.61. The van der Waals surface area contributed by atoms with Gasteiger partial charge in [-0.05, 0) is 36.8 Å². The molecule has 0 bridgehead atoms. The number of nitrogens with zero attached hydrogens (tertiary/aromatic N) is 2. The van der Waals surface area contributed by atoms with Crippen molar-refractivity contribution in [2.75, 3.05) is 49.2 Å². The maximum Gasteiger partial charge on any atom is 0.313 e. The molecule has 3 rings (SSSR count). The lowest BCUT2D eigenvalue weighted by molar-refractivity contribution is -0.143. The molecule has 0 unspecified atom stereocenters. The molecular weight excluding hydrogens is 344 g/mol. The van der Waals surface area contributed by atoms with Crippen LogP contribution in [-0.2, 0) is 9.59 Å². The number of carbonyl (C=O) groups is 2. The van der Waals surface area contributed by atoms with E-state index in [4.69, 9.17) is 10.5 Å². The predicted octanol–water partition coefficient (Wildman–Crippen LogP) is 1.87. The molecule has 1 saturated heterocycles. The Morgan fingerprint density at radius 3 is 2.44 bits per heavy atom. The van der Waals surface area contributed by atoms with Crippen LogP contribution in [0.5, 0.6) is 5.75 Å². The van der Waals surface area contributed by atoms with E-state index in [-0.39, 0.29) is 0 Å². The number of carbonyl (C=O) groups excluding carboxylic acids is 2. The Kier molecular flexibility index (Phi) is 5.49. The first-order valence-corrected chi connectivity index (χ1v) is 8.84. The maximum absolute atomic E-state index is 12.5. The van der Waals surface area contributed by atoms with Gasteiger partial charge in [-0.15, -0.1) is 0 Å². The summed E-state index contributed by atoms with van der Waals surface area (Å²) >= 11 is 0. The van der Waals surface area contributed by atoms with Crippen LogP contribution in [0.1, 0.15) is 5.56 Å². The Bertz CT molecular complexity index is 845. The maximum atomic E-state index is 12.5. The molecule has 142 valence electrons. The van der Waals surface area contributed by atoms with Crippen molar-refractivity contribution >= 4 is 28.9 Å². The van der Waals surface area contributed by atoms with Crippen LogP contribution >= 0.6 is 0 Å². The van der Waals surface area contributed by atoms with Gasteiger partial charge in [-0.25, -0.2) is 0 Å². The Labute approximate surface area is 158 Å². The molecule has 0 spiro atoms. The fourth-order valence-corrected chi connectivity index (χ4v) is 3.16. The number of ether oxygens (including phenoxy) is 1. The third kappa shape index (κ3) is 4.13. The molecule has 1 aliphatic rings.